The molecule has 2 aliphatic rings. The fourth-order valence-corrected chi connectivity index (χ4v) is 5.88. The quantitative estimate of drug-likeness (QED) is 0.174. The van der Waals surface area contributed by atoms with Crippen molar-refractivity contribution in [2.24, 2.45) is 5.92 Å². The van der Waals surface area contributed by atoms with Crippen molar-refractivity contribution >= 4 is 41.4 Å². The predicted molar refractivity (Wildman–Crippen MR) is 167 cm³/mol. The van der Waals surface area contributed by atoms with Crippen LogP contribution in [-0.4, -0.2) is 108 Å². The van der Waals surface area contributed by atoms with Crippen LogP contribution in [-0.2, 0) is 25.3 Å². The van der Waals surface area contributed by atoms with Crippen molar-refractivity contribution < 1.29 is 64.2 Å². The van der Waals surface area contributed by atoms with Gasteiger partial charge in [0.15, 0.2) is 0 Å². The average molecular weight is 746 g/mol. The Morgan fingerprint density at radius 3 is 2.06 bits per heavy atom. The zero-order valence-corrected chi connectivity index (χ0v) is 28.2. The number of alkyl halides is 6. The molecular weight excluding hydrogens is 711 g/mol. The third-order valence-electron chi connectivity index (χ3n) is 8.70. The first-order chi connectivity index (χ1) is 24.1. The van der Waals surface area contributed by atoms with Crippen LogP contribution in [0.3, 0.4) is 0 Å². The molecule has 12 nitrogen and oxygen atoms in total. The molecule has 2 aromatic rings. The Labute approximate surface area is 292 Å². The molecule has 0 aromatic heterocycles. The summed E-state index contributed by atoms with van der Waals surface area (Å²) in [5.74, 6) is -8.70. The lowest BCUT2D eigenvalue weighted by Crippen LogP contribution is -2.60. The summed E-state index contributed by atoms with van der Waals surface area (Å²) in [4.78, 5) is 82.9. The summed E-state index contributed by atoms with van der Waals surface area (Å²) < 4.78 is 95.7. The van der Waals surface area contributed by atoms with E-state index in [-0.39, 0.29) is 44.7 Å². The lowest BCUT2D eigenvalue weighted by Gasteiger charge is -2.43. The summed E-state index contributed by atoms with van der Waals surface area (Å²) in [5, 5.41) is 2.33. The SMILES string of the molecule is CC(C)C(NC(=O)c1cc(C(F)(F)F)ccc1F)C(=O)N1CCC2(CC1)C(=O)N(CCN(C)C)C(=O)N2c1ccc(C(=O)OC(=O)C(F)(F)F)cc1. The smallest absolute Gasteiger partial charge is 0.383 e. The molecule has 2 heterocycles. The van der Waals surface area contributed by atoms with E-state index in [1.54, 1.807) is 32.8 Å². The van der Waals surface area contributed by atoms with Crippen molar-refractivity contribution in [2.75, 3.05) is 45.2 Å². The van der Waals surface area contributed by atoms with E-state index in [1.807, 2.05) is 0 Å². The molecule has 2 aromatic carbocycles. The minimum Gasteiger partial charge on any atom is -0.383 e. The molecule has 0 radical (unpaired) electrons. The molecule has 4 rings (SSSR count). The lowest BCUT2D eigenvalue weighted by molar-refractivity contribution is -0.193. The summed E-state index contributed by atoms with van der Waals surface area (Å²) >= 11 is 0. The monoisotopic (exact) mass is 745 g/mol. The number of hydrogen-bond acceptors (Lipinski definition) is 8. The topological polar surface area (TPSA) is 137 Å². The van der Waals surface area contributed by atoms with Gasteiger partial charge in [-0.15, -0.1) is 0 Å². The maximum absolute atomic E-state index is 14.4. The van der Waals surface area contributed by atoms with Gasteiger partial charge in [0, 0.05) is 31.9 Å². The van der Waals surface area contributed by atoms with Crippen LogP contribution in [0.2, 0.25) is 0 Å². The van der Waals surface area contributed by atoms with Gasteiger partial charge in [-0.2, -0.15) is 26.3 Å². The number of carbonyl (C=O) groups is 6. The van der Waals surface area contributed by atoms with Crippen LogP contribution in [0.25, 0.3) is 0 Å². The highest BCUT2D eigenvalue weighted by atomic mass is 19.4. The summed E-state index contributed by atoms with van der Waals surface area (Å²) in [5.41, 5.74) is -4.13. The second-order valence-corrected chi connectivity index (χ2v) is 12.8. The van der Waals surface area contributed by atoms with Gasteiger partial charge < -0.3 is 19.9 Å². The van der Waals surface area contributed by atoms with Crippen LogP contribution < -0.4 is 10.2 Å². The molecule has 2 saturated heterocycles. The van der Waals surface area contributed by atoms with Crippen LogP contribution in [0.1, 0.15) is 53.0 Å². The summed E-state index contributed by atoms with van der Waals surface area (Å²) in [7, 11) is 3.44. The van der Waals surface area contributed by atoms with Crippen LogP contribution in [0.4, 0.5) is 41.2 Å². The van der Waals surface area contributed by atoms with Crippen LogP contribution in [0, 0.1) is 11.7 Å². The molecule has 0 aliphatic carbocycles. The number of amides is 5. The van der Waals surface area contributed by atoms with Gasteiger partial charge in [0.25, 0.3) is 11.8 Å². The molecule has 1 unspecified atom stereocenters. The van der Waals surface area contributed by atoms with Gasteiger partial charge in [-0.1, -0.05) is 13.8 Å². The number of benzene rings is 2. The van der Waals surface area contributed by atoms with Crippen LogP contribution in [0.15, 0.2) is 42.5 Å². The Balaban J connectivity index is 1.57. The predicted octanol–water partition coefficient (Wildman–Crippen LogP) is 4.24. The molecule has 1 spiro atoms. The first-order valence-corrected chi connectivity index (χ1v) is 15.8. The number of ether oxygens (including phenoxy) is 1. The van der Waals surface area contributed by atoms with Gasteiger partial charge in [-0.25, -0.2) is 18.8 Å². The number of esters is 2. The van der Waals surface area contributed by atoms with Gasteiger partial charge >= 0.3 is 30.3 Å². The van der Waals surface area contributed by atoms with E-state index in [4.69, 9.17) is 0 Å². The fourth-order valence-electron chi connectivity index (χ4n) is 5.88. The van der Waals surface area contributed by atoms with E-state index >= 15 is 0 Å². The van der Waals surface area contributed by atoms with Gasteiger partial charge in [-0.05, 0) is 75.3 Å². The molecule has 1 N–H and O–H groups in total. The number of piperidine rings is 1. The normalized spacial score (nSPS) is 16.9. The number of rotatable bonds is 9. The highest BCUT2D eigenvalue weighted by Crippen LogP contribution is 2.41. The molecule has 1 atom stereocenters. The Kier molecular flexibility index (Phi) is 11.4. The van der Waals surface area contributed by atoms with Crippen molar-refractivity contribution in [1.29, 1.82) is 0 Å². The number of anilines is 1. The second kappa shape index (κ2) is 14.9. The molecule has 2 fully saturated rings. The summed E-state index contributed by atoms with van der Waals surface area (Å²) in [6, 6.07) is 3.64. The highest BCUT2D eigenvalue weighted by Gasteiger charge is 2.59. The minimum atomic E-state index is -5.42. The van der Waals surface area contributed by atoms with E-state index in [2.05, 4.69) is 10.1 Å². The number of likely N-dealkylation sites (N-methyl/N-ethyl adjacent to an activating group) is 1. The summed E-state index contributed by atoms with van der Waals surface area (Å²) in [6.07, 6.45) is -10.5. The lowest BCUT2D eigenvalue weighted by atomic mass is 9.84. The Hall–Kier alpha value is -5.07. The van der Waals surface area contributed by atoms with Crippen molar-refractivity contribution in [2.45, 2.75) is 50.6 Å². The standard InChI is InChI=1S/C33H34F7N5O7/c1-18(2)24(41-25(46)22-17-20(32(35,36)37)7-10-23(22)34)26(47)43-13-11-31(12-14-43)28(49)44(16-15-42(3)4)30(51)45(31)21-8-5-19(6-9-21)27(48)52-29(50)33(38,39)40/h5-10,17-18,24H,11-16H2,1-4H3,(H,41,46). The van der Waals surface area contributed by atoms with Gasteiger partial charge in [0.2, 0.25) is 5.91 Å². The number of nitrogens with one attached hydrogen (secondary N) is 1. The molecular formula is C33H34F7N5O7. The van der Waals surface area contributed by atoms with Crippen molar-refractivity contribution in [3.8, 4) is 0 Å². The van der Waals surface area contributed by atoms with Crippen molar-refractivity contribution in [3.05, 3.63) is 65.0 Å². The van der Waals surface area contributed by atoms with Crippen molar-refractivity contribution in [3.63, 3.8) is 0 Å². The largest absolute Gasteiger partial charge is 0.491 e. The molecule has 5 amide bonds. The zero-order chi connectivity index (χ0) is 38.9. The minimum absolute atomic E-state index is 0.0247. The van der Waals surface area contributed by atoms with Crippen molar-refractivity contribution in [1.82, 2.24) is 20.0 Å². The molecule has 19 heteroatoms. The molecule has 2 aliphatic heterocycles. The Bertz CT molecular complexity index is 1740. The number of nitrogens with zero attached hydrogens (tertiary/aromatic N) is 4. The van der Waals surface area contributed by atoms with E-state index < -0.39 is 88.1 Å². The third kappa shape index (κ3) is 8.18. The number of likely N-dealkylation sites (tertiary alicyclic amines) is 1. The average Bonchev–Trinajstić information content (AvgIpc) is 3.25. The van der Waals surface area contributed by atoms with E-state index in [1.165, 1.54) is 21.9 Å². The third-order valence-corrected chi connectivity index (χ3v) is 8.70. The summed E-state index contributed by atoms with van der Waals surface area (Å²) in [6.45, 7) is 3.08. The molecule has 0 saturated carbocycles. The van der Waals surface area contributed by atoms with Crippen LogP contribution in [0.5, 0.6) is 0 Å². The highest BCUT2D eigenvalue weighted by molar-refractivity contribution is 6.17. The number of urea groups is 1. The Morgan fingerprint density at radius 2 is 1.54 bits per heavy atom. The van der Waals surface area contributed by atoms with E-state index in [0.29, 0.717) is 18.2 Å². The number of carbonyl (C=O) groups excluding carboxylic acids is 6. The first-order valence-electron chi connectivity index (χ1n) is 15.8. The maximum Gasteiger partial charge on any atom is 0.491 e. The molecule has 282 valence electrons. The van der Waals surface area contributed by atoms with Gasteiger partial charge in [0.05, 0.1) is 16.7 Å². The number of imide groups is 1. The van der Waals surface area contributed by atoms with Crippen LogP contribution >= 0.6 is 0 Å². The van der Waals surface area contributed by atoms with Gasteiger partial charge in [-0.3, -0.25) is 24.2 Å². The molecule has 52 heavy (non-hydrogen) atoms. The number of hydrogen-bond donors (Lipinski definition) is 1. The zero-order valence-electron chi connectivity index (χ0n) is 28.2. The maximum atomic E-state index is 14.4. The first kappa shape index (κ1) is 39.7. The van der Waals surface area contributed by atoms with Gasteiger partial charge in [0.1, 0.15) is 17.4 Å². The second-order valence-electron chi connectivity index (χ2n) is 12.8. The fraction of sp³-hybridized carbons (Fsp3) is 0.455. The van der Waals surface area contributed by atoms with E-state index in [0.717, 1.165) is 17.0 Å². The molecule has 0 bridgehead atoms. The Morgan fingerprint density at radius 1 is 0.942 bits per heavy atom. The van der Waals surface area contributed by atoms with E-state index in [9.17, 15) is 59.5 Å². The number of halogens is 7.